The van der Waals surface area contributed by atoms with Gasteiger partial charge in [0.2, 0.25) is 10.0 Å². The normalized spacial score (nSPS) is 12.6. The van der Waals surface area contributed by atoms with Crippen molar-refractivity contribution in [3.8, 4) is 0 Å². The number of hydrogen-bond donors (Lipinski definition) is 2. The number of anilines is 1. The van der Waals surface area contributed by atoms with Crippen LogP contribution in [0.5, 0.6) is 0 Å². The number of nitrogens with one attached hydrogen (secondary N) is 1. The van der Waals surface area contributed by atoms with Gasteiger partial charge in [-0.1, -0.05) is 12.1 Å². The lowest BCUT2D eigenvalue weighted by Crippen LogP contribution is -2.29. The summed E-state index contributed by atoms with van der Waals surface area (Å²) in [7, 11) is -3.78. The minimum atomic E-state index is -4.38. The van der Waals surface area contributed by atoms with Crippen LogP contribution in [0.3, 0.4) is 0 Å². The van der Waals surface area contributed by atoms with E-state index in [1.54, 1.807) is 18.2 Å². The number of benzene rings is 1. The first-order chi connectivity index (χ1) is 8.18. The molecule has 0 aliphatic heterocycles. The summed E-state index contributed by atoms with van der Waals surface area (Å²) < 4.78 is 60.4. The number of nitrogen functional groups attached to an aromatic ring is 1. The van der Waals surface area contributed by atoms with Gasteiger partial charge in [0.1, 0.15) is 0 Å². The zero-order valence-corrected chi connectivity index (χ0v) is 10.2. The van der Waals surface area contributed by atoms with Crippen molar-refractivity contribution in [3.05, 3.63) is 29.8 Å². The molecule has 8 heteroatoms. The van der Waals surface area contributed by atoms with Crippen LogP contribution >= 0.6 is 0 Å². The molecule has 0 saturated heterocycles. The summed E-state index contributed by atoms with van der Waals surface area (Å²) in [5.74, 6) is -0.393. The average Bonchev–Trinajstić information content (AvgIpc) is 2.13. The Morgan fingerprint density at radius 1 is 1.28 bits per heavy atom. The van der Waals surface area contributed by atoms with E-state index in [-0.39, 0.29) is 0 Å². The highest BCUT2D eigenvalue weighted by atomic mass is 32.2. The number of halogens is 3. The first-order valence-electron chi connectivity index (χ1n) is 5.06. The molecule has 0 aliphatic carbocycles. The fourth-order valence-electron chi connectivity index (χ4n) is 1.30. The lowest BCUT2D eigenvalue weighted by molar-refractivity contribution is -0.132. The monoisotopic (exact) mass is 282 g/mol. The molecule has 4 nitrogen and oxygen atoms in total. The molecule has 102 valence electrons. The Hall–Kier alpha value is -1.28. The molecule has 18 heavy (non-hydrogen) atoms. The van der Waals surface area contributed by atoms with Crippen LogP contribution < -0.4 is 10.5 Å². The summed E-state index contributed by atoms with van der Waals surface area (Å²) >= 11 is 0. The number of alkyl halides is 3. The van der Waals surface area contributed by atoms with Crippen LogP contribution in [-0.2, 0) is 15.8 Å². The van der Waals surface area contributed by atoms with Crippen molar-refractivity contribution in [1.29, 1.82) is 0 Å². The first kappa shape index (κ1) is 14.8. The average molecular weight is 282 g/mol. The highest BCUT2D eigenvalue weighted by Crippen LogP contribution is 2.18. The molecule has 1 aromatic rings. The summed E-state index contributed by atoms with van der Waals surface area (Å²) in [5, 5.41) is 0. The lowest BCUT2D eigenvalue weighted by atomic mass is 10.2. The van der Waals surface area contributed by atoms with Gasteiger partial charge in [0.05, 0.1) is 12.2 Å². The van der Waals surface area contributed by atoms with E-state index in [2.05, 4.69) is 0 Å². The van der Waals surface area contributed by atoms with Crippen LogP contribution in [0.1, 0.15) is 12.0 Å². The van der Waals surface area contributed by atoms with Crippen molar-refractivity contribution in [2.24, 2.45) is 0 Å². The second-order valence-electron chi connectivity index (χ2n) is 3.76. The van der Waals surface area contributed by atoms with E-state index in [0.717, 1.165) is 0 Å². The van der Waals surface area contributed by atoms with Gasteiger partial charge in [0, 0.05) is 12.2 Å². The van der Waals surface area contributed by atoms with Crippen molar-refractivity contribution in [3.63, 3.8) is 0 Å². The van der Waals surface area contributed by atoms with Gasteiger partial charge in [0.15, 0.2) is 0 Å². The van der Waals surface area contributed by atoms with Crippen LogP contribution in [0.25, 0.3) is 0 Å². The zero-order valence-electron chi connectivity index (χ0n) is 9.37. The summed E-state index contributed by atoms with van der Waals surface area (Å²) in [6.07, 6.45) is -5.57. The highest BCUT2D eigenvalue weighted by Gasteiger charge is 2.27. The van der Waals surface area contributed by atoms with Gasteiger partial charge in [-0.05, 0) is 17.7 Å². The van der Waals surface area contributed by atoms with E-state index >= 15 is 0 Å². The Kier molecular flexibility index (Phi) is 4.58. The molecule has 0 atom stereocenters. The fraction of sp³-hybridized carbons (Fsp3) is 0.400. The molecular weight excluding hydrogens is 269 g/mol. The zero-order chi connectivity index (χ0) is 13.8. The smallest absolute Gasteiger partial charge is 0.390 e. The largest absolute Gasteiger partial charge is 0.399 e. The first-order valence-corrected chi connectivity index (χ1v) is 6.72. The van der Waals surface area contributed by atoms with Crippen LogP contribution in [0, 0.1) is 0 Å². The second kappa shape index (κ2) is 5.57. The molecule has 0 saturated carbocycles. The van der Waals surface area contributed by atoms with Crippen LogP contribution in [-0.4, -0.2) is 21.1 Å². The summed E-state index contributed by atoms with van der Waals surface area (Å²) in [4.78, 5) is 0. The summed E-state index contributed by atoms with van der Waals surface area (Å²) in [6, 6.07) is 6.17. The maximum Gasteiger partial charge on any atom is 0.390 e. The molecule has 3 N–H and O–H groups in total. The molecule has 0 aliphatic rings. The highest BCUT2D eigenvalue weighted by molar-refractivity contribution is 7.88. The van der Waals surface area contributed by atoms with Crippen molar-refractivity contribution in [2.45, 2.75) is 18.3 Å². The number of hydrogen-bond acceptors (Lipinski definition) is 3. The maximum absolute atomic E-state index is 11.9. The lowest BCUT2D eigenvalue weighted by Gasteiger charge is -2.09. The predicted molar refractivity (Wildman–Crippen MR) is 62.2 cm³/mol. The van der Waals surface area contributed by atoms with E-state index in [9.17, 15) is 21.6 Å². The molecule has 0 unspecified atom stereocenters. The van der Waals surface area contributed by atoms with Gasteiger partial charge in [-0.3, -0.25) is 0 Å². The topological polar surface area (TPSA) is 72.2 Å². The summed E-state index contributed by atoms with van der Waals surface area (Å²) in [6.45, 7) is -0.659. The Morgan fingerprint density at radius 3 is 2.50 bits per heavy atom. The third-order valence-electron chi connectivity index (χ3n) is 2.04. The third-order valence-corrected chi connectivity index (χ3v) is 3.40. The quantitative estimate of drug-likeness (QED) is 0.806. The van der Waals surface area contributed by atoms with E-state index in [1.807, 2.05) is 4.72 Å². The Bertz CT molecular complexity index is 500. The predicted octanol–water partition coefficient (Wildman–Crippen LogP) is 1.64. The molecule has 1 aromatic carbocycles. The van der Waals surface area contributed by atoms with Crippen LogP contribution in [0.2, 0.25) is 0 Å². The Morgan fingerprint density at radius 2 is 1.94 bits per heavy atom. The van der Waals surface area contributed by atoms with Crippen molar-refractivity contribution in [1.82, 2.24) is 4.72 Å². The minimum absolute atomic E-state index is 0.393. The Balaban J connectivity index is 2.55. The molecule has 0 heterocycles. The summed E-state index contributed by atoms with van der Waals surface area (Å²) in [5.41, 5.74) is 6.30. The molecule has 0 aromatic heterocycles. The van der Waals surface area contributed by atoms with E-state index < -0.39 is 34.9 Å². The molecule has 0 spiro atoms. The molecule has 1 rings (SSSR count). The Labute approximate surface area is 103 Å². The van der Waals surface area contributed by atoms with Crippen LogP contribution in [0.4, 0.5) is 18.9 Å². The molecule has 0 amide bonds. The van der Waals surface area contributed by atoms with E-state index in [0.29, 0.717) is 11.3 Å². The number of rotatable bonds is 5. The van der Waals surface area contributed by atoms with Crippen molar-refractivity contribution < 1.29 is 21.6 Å². The number of nitrogens with two attached hydrogens (primary N) is 1. The second-order valence-corrected chi connectivity index (χ2v) is 5.57. The molecule has 0 bridgehead atoms. The standard InChI is InChI=1S/C10H13F3N2O2S/c11-10(12,13)4-5-15-18(16,17)7-8-2-1-3-9(14)6-8/h1-3,6,15H,4-5,7,14H2. The van der Waals surface area contributed by atoms with Gasteiger partial charge in [-0.2, -0.15) is 13.2 Å². The van der Waals surface area contributed by atoms with Gasteiger partial charge in [0.25, 0.3) is 0 Å². The van der Waals surface area contributed by atoms with Crippen LogP contribution in [0.15, 0.2) is 24.3 Å². The third kappa shape index (κ3) is 5.87. The van der Waals surface area contributed by atoms with E-state index in [4.69, 9.17) is 5.73 Å². The van der Waals surface area contributed by atoms with Gasteiger partial charge >= 0.3 is 6.18 Å². The number of sulfonamides is 1. The molecular formula is C10H13F3N2O2S. The van der Waals surface area contributed by atoms with Gasteiger partial charge < -0.3 is 5.73 Å². The van der Waals surface area contributed by atoms with E-state index in [1.165, 1.54) is 6.07 Å². The fourth-order valence-corrected chi connectivity index (χ4v) is 2.44. The molecule has 0 fully saturated rings. The van der Waals surface area contributed by atoms with Gasteiger partial charge in [-0.15, -0.1) is 0 Å². The minimum Gasteiger partial charge on any atom is -0.399 e. The maximum atomic E-state index is 11.9. The SMILES string of the molecule is Nc1cccc(CS(=O)(=O)NCCC(F)(F)F)c1. The van der Waals surface area contributed by atoms with Crippen molar-refractivity contribution >= 4 is 15.7 Å². The molecule has 0 radical (unpaired) electrons. The van der Waals surface area contributed by atoms with Gasteiger partial charge in [-0.25, -0.2) is 13.1 Å². The van der Waals surface area contributed by atoms with Crippen molar-refractivity contribution in [2.75, 3.05) is 12.3 Å².